The van der Waals surface area contributed by atoms with Crippen molar-refractivity contribution in [3.8, 4) is 5.75 Å². The summed E-state index contributed by atoms with van der Waals surface area (Å²) in [6, 6.07) is 6.66. The maximum Gasteiger partial charge on any atom is 0.422 e. The second kappa shape index (κ2) is 8.23. The van der Waals surface area contributed by atoms with Gasteiger partial charge in [0.15, 0.2) is 0 Å². The van der Waals surface area contributed by atoms with Crippen LogP contribution in [0.3, 0.4) is 0 Å². The van der Waals surface area contributed by atoms with Gasteiger partial charge in [-0.1, -0.05) is 6.07 Å². The van der Waals surface area contributed by atoms with Crippen molar-refractivity contribution in [3.05, 3.63) is 29.8 Å². The zero-order valence-electron chi connectivity index (χ0n) is 13.3. The minimum atomic E-state index is -0.555. The van der Waals surface area contributed by atoms with Crippen LogP contribution in [0.4, 0.5) is 4.79 Å². The number of esters is 1. The molecule has 0 saturated carbocycles. The molecule has 122 valence electrons. The topological polar surface area (TPSA) is 85.9 Å². The van der Waals surface area contributed by atoms with Crippen LogP contribution in [0.2, 0.25) is 0 Å². The van der Waals surface area contributed by atoms with E-state index in [0.717, 1.165) is 0 Å². The molecule has 0 unspecified atom stereocenters. The van der Waals surface area contributed by atoms with E-state index >= 15 is 0 Å². The van der Waals surface area contributed by atoms with Crippen molar-refractivity contribution in [2.24, 2.45) is 0 Å². The average molecular weight is 310 g/mol. The van der Waals surface area contributed by atoms with Gasteiger partial charge in [-0.15, -0.1) is 0 Å². The van der Waals surface area contributed by atoms with Gasteiger partial charge in [-0.2, -0.15) is 0 Å². The molecule has 1 aromatic rings. The lowest BCUT2D eigenvalue weighted by atomic mass is 10.2. The Morgan fingerprint density at radius 3 is 2.59 bits per heavy atom. The van der Waals surface area contributed by atoms with Gasteiger partial charge in [0.1, 0.15) is 18.0 Å². The minimum Gasteiger partial charge on any atom is -0.492 e. The van der Waals surface area contributed by atoms with E-state index in [1.165, 1.54) is 7.11 Å². The standard InChI is InChI=1S/C15H22N2O5/c1-15(2,3)22-14(19)17-16-8-9-21-12-7-5-6-11(10-12)13(18)20-4/h5-7,10,16H,8-9H2,1-4H3,(H,17,19). The van der Waals surface area contributed by atoms with Gasteiger partial charge in [0.25, 0.3) is 0 Å². The minimum absolute atomic E-state index is 0.306. The predicted molar refractivity (Wildman–Crippen MR) is 80.6 cm³/mol. The number of ether oxygens (including phenoxy) is 3. The maximum atomic E-state index is 11.4. The Morgan fingerprint density at radius 1 is 1.23 bits per heavy atom. The lowest BCUT2D eigenvalue weighted by molar-refractivity contribution is 0.0494. The molecule has 0 spiro atoms. The zero-order chi connectivity index (χ0) is 16.6. The van der Waals surface area contributed by atoms with Crippen LogP contribution in [0.1, 0.15) is 31.1 Å². The molecule has 22 heavy (non-hydrogen) atoms. The molecule has 0 aromatic heterocycles. The number of hydrogen-bond acceptors (Lipinski definition) is 6. The van der Waals surface area contributed by atoms with Gasteiger partial charge in [0.2, 0.25) is 0 Å². The quantitative estimate of drug-likeness (QED) is 0.474. The highest BCUT2D eigenvalue weighted by atomic mass is 16.6. The molecule has 0 aliphatic heterocycles. The highest BCUT2D eigenvalue weighted by Gasteiger charge is 2.15. The molecule has 0 radical (unpaired) electrons. The third-order valence-electron chi connectivity index (χ3n) is 2.34. The van der Waals surface area contributed by atoms with E-state index in [4.69, 9.17) is 9.47 Å². The molecule has 1 aromatic carbocycles. The van der Waals surface area contributed by atoms with Gasteiger partial charge in [-0.3, -0.25) is 5.43 Å². The molecular weight excluding hydrogens is 288 g/mol. The Labute approximate surface area is 129 Å². The Balaban J connectivity index is 2.28. The van der Waals surface area contributed by atoms with Crippen LogP contribution in [-0.2, 0) is 9.47 Å². The average Bonchev–Trinajstić information content (AvgIpc) is 2.44. The van der Waals surface area contributed by atoms with Gasteiger partial charge in [-0.05, 0) is 39.0 Å². The first-order valence-corrected chi connectivity index (χ1v) is 6.85. The fourth-order valence-corrected chi connectivity index (χ4v) is 1.49. The van der Waals surface area contributed by atoms with Crippen molar-refractivity contribution in [2.45, 2.75) is 26.4 Å². The van der Waals surface area contributed by atoms with Crippen LogP contribution in [0.25, 0.3) is 0 Å². The smallest absolute Gasteiger partial charge is 0.422 e. The second-order valence-electron chi connectivity index (χ2n) is 5.42. The highest BCUT2D eigenvalue weighted by molar-refractivity contribution is 5.89. The van der Waals surface area contributed by atoms with Crippen molar-refractivity contribution < 1.29 is 23.8 Å². The molecule has 0 bridgehead atoms. The second-order valence-corrected chi connectivity index (χ2v) is 5.42. The SMILES string of the molecule is COC(=O)c1cccc(OCCNNC(=O)OC(C)(C)C)c1. The Hall–Kier alpha value is -2.28. The predicted octanol–water partition coefficient (Wildman–Crippen LogP) is 1.88. The van der Waals surface area contributed by atoms with Gasteiger partial charge < -0.3 is 14.2 Å². The number of hydrazine groups is 1. The summed E-state index contributed by atoms with van der Waals surface area (Å²) in [5.41, 5.74) is 4.96. The molecule has 0 fully saturated rings. The van der Waals surface area contributed by atoms with Crippen molar-refractivity contribution in [2.75, 3.05) is 20.3 Å². The fraction of sp³-hybridized carbons (Fsp3) is 0.467. The molecule has 1 amide bonds. The summed E-state index contributed by atoms with van der Waals surface area (Å²) < 4.78 is 15.1. The highest BCUT2D eigenvalue weighted by Crippen LogP contribution is 2.13. The molecule has 2 N–H and O–H groups in total. The summed E-state index contributed by atoms with van der Waals surface area (Å²) in [5.74, 6) is 0.122. The molecule has 0 saturated heterocycles. The van der Waals surface area contributed by atoms with Crippen molar-refractivity contribution in [1.82, 2.24) is 10.9 Å². The summed E-state index contributed by atoms with van der Waals surface area (Å²) in [5, 5.41) is 0. The lowest BCUT2D eigenvalue weighted by Gasteiger charge is -2.19. The summed E-state index contributed by atoms with van der Waals surface area (Å²) >= 11 is 0. The van der Waals surface area contributed by atoms with Crippen LogP contribution < -0.4 is 15.6 Å². The van der Waals surface area contributed by atoms with E-state index < -0.39 is 17.7 Å². The third kappa shape index (κ3) is 6.94. The van der Waals surface area contributed by atoms with E-state index in [2.05, 4.69) is 15.6 Å². The number of methoxy groups -OCH3 is 1. The van der Waals surface area contributed by atoms with Crippen LogP contribution >= 0.6 is 0 Å². The largest absolute Gasteiger partial charge is 0.492 e. The molecule has 0 aliphatic rings. The van der Waals surface area contributed by atoms with E-state index in [-0.39, 0.29) is 0 Å². The molecule has 0 heterocycles. The first kappa shape index (κ1) is 17.8. The number of benzene rings is 1. The molecule has 7 nitrogen and oxygen atoms in total. The normalized spacial score (nSPS) is 10.7. The monoisotopic (exact) mass is 310 g/mol. The van der Waals surface area contributed by atoms with E-state index in [1.807, 2.05) is 0 Å². The number of carbonyl (C=O) groups is 2. The number of rotatable bonds is 6. The molecule has 0 atom stereocenters. The Kier molecular flexibility index (Phi) is 6.65. The van der Waals surface area contributed by atoms with Crippen molar-refractivity contribution in [3.63, 3.8) is 0 Å². The van der Waals surface area contributed by atoms with Gasteiger partial charge in [0.05, 0.1) is 12.7 Å². The molecule has 0 aliphatic carbocycles. The van der Waals surface area contributed by atoms with Crippen molar-refractivity contribution >= 4 is 12.1 Å². The van der Waals surface area contributed by atoms with E-state index in [0.29, 0.717) is 24.5 Å². The van der Waals surface area contributed by atoms with Gasteiger partial charge >= 0.3 is 12.1 Å². The number of nitrogens with one attached hydrogen (secondary N) is 2. The first-order valence-electron chi connectivity index (χ1n) is 6.85. The van der Waals surface area contributed by atoms with Crippen LogP contribution in [0, 0.1) is 0 Å². The summed E-state index contributed by atoms with van der Waals surface area (Å²) in [4.78, 5) is 22.7. The van der Waals surface area contributed by atoms with Crippen LogP contribution in [-0.4, -0.2) is 37.9 Å². The third-order valence-corrected chi connectivity index (χ3v) is 2.34. The van der Waals surface area contributed by atoms with Gasteiger partial charge in [0, 0.05) is 6.54 Å². The van der Waals surface area contributed by atoms with Crippen molar-refractivity contribution in [1.29, 1.82) is 0 Å². The summed E-state index contributed by atoms with van der Waals surface area (Å²) in [6.07, 6.45) is -0.555. The fourth-order valence-electron chi connectivity index (χ4n) is 1.49. The molecule has 7 heteroatoms. The molecular formula is C15H22N2O5. The van der Waals surface area contributed by atoms with Crippen LogP contribution in [0.15, 0.2) is 24.3 Å². The summed E-state index contributed by atoms with van der Waals surface area (Å²) in [7, 11) is 1.32. The Morgan fingerprint density at radius 2 is 1.95 bits per heavy atom. The Bertz CT molecular complexity index is 511. The first-order chi connectivity index (χ1) is 10.3. The maximum absolute atomic E-state index is 11.4. The number of carbonyl (C=O) groups excluding carboxylic acids is 2. The number of amides is 1. The van der Waals surface area contributed by atoms with Gasteiger partial charge in [-0.25, -0.2) is 15.0 Å². The van der Waals surface area contributed by atoms with Crippen LogP contribution in [0.5, 0.6) is 5.75 Å². The van der Waals surface area contributed by atoms with E-state index in [9.17, 15) is 9.59 Å². The summed E-state index contributed by atoms with van der Waals surface area (Å²) in [6.45, 7) is 6.03. The number of hydrogen-bond donors (Lipinski definition) is 2. The lowest BCUT2D eigenvalue weighted by Crippen LogP contribution is -2.42. The molecule has 1 rings (SSSR count). The zero-order valence-corrected chi connectivity index (χ0v) is 13.3. The van der Waals surface area contributed by atoms with E-state index in [1.54, 1.807) is 45.0 Å².